The van der Waals surface area contributed by atoms with Gasteiger partial charge in [-0.15, -0.1) is 0 Å². The summed E-state index contributed by atoms with van der Waals surface area (Å²) in [6.45, 7) is -0.232. The fraction of sp³-hybridized carbons (Fsp3) is 0.231. The lowest BCUT2D eigenvalue weighted by Gasteiger charge is -2.21. The molecule has 200 valence electrons. The Morgan fingerprint density at radius 2 is 1.84 bits per heavy atom. The Kier molecular flexibility index (Phi) is 7.53. The number of carbonyl (C=O) groups excluding carboxylic acids is 2. The first-order chi connectivity index (χ1) is 18.0. The molecule has 1 heterocycles. The normalized spacial score (nSPS) is 15.5. The molecule has 1 aliphatic rings. The molecular formula is C26H22F5N3O4. The highest BCUT2D eigenvalue weighted by Gasteiger charge is 2.36. The Hall–Kier alpha value is -4.19. The molecule has 0 aromatic heterocycles. The zero-order valence-corrected chi connectivity index (χ0v) is 19.9. The molecule has 0 aliphatic carbocycles. The van der Waals surface area contributed by atoms with Crippen molar-refractivity contribution in [2.75, 3.05) is 23.9 Å². The van der Waals surface area contributed by atoms with Gasteiger partial charge in [0.2, 0.25) is 5.91 Å². The third-order valence-corrected chi connectivity index (χ3v) is 6.10. The lowest BCUT2D eigenvalue weighted by Crippen LogP contribution is -2.43. The van der Waals surface area contributed by atoms with E-state index in [1.54, 1.807) is 30.3 Å². The van der Waals surface area contributed by atoms with Gasteiger partial charge in [-0.25, -0.2) is 13.6 Å². The molecule has 12 heteroatoms. The van der Waals surface area contributed by atoms with E-state index in [-0.39, 0.29) is 37.1 Å². The van der Waals surface area contributed by atoms with Crippen molar-refractivity contribution in [3.05, 3.63) is 77.4 Å². The minimum Gasteiger partial charge on any atom is -0.493 e. The van der Waals surface area contributed by atoms with Crippen molar-refractivity contribution in [1.29, 1.82) is 0 Å². The van der Waals surface area contributed by atoms with Gasteiger partial charge in [0.15, 0.2) is 11.6 Å². The zero-order chi connectivity index (χ0) is 27.6. The number of urea groups is 1. The highest BCUT2D eigenvalue weighted by Crippen LogP contribution is 2.40. The number of rotatable bonds is 6. The largest absolute Gasteiger partial charge is 0.493 e. The Labute approximate surface area is 213 Å². The molecule has 7 nitrogen and oxygen atoms in total. The van der Waals surface area contributed by atoms with Gasteiger partial charge >= 0.3 is 12.2 Å². The van der Waals surface area contributed by atoms with Crippen LogP contribution >= 0.6 is 0 Å². The molecule has 4 rings (SSSR count). The Bertz CT molecular complexity index is 1380. The number of halogens is 5. The van der Waals surface area contributed by atoms with Crippen LogP contribution in [0.4, 0.5) is 38.1 Å². The summed E-state index contributed by atoms with van der Waals surface area (Å²) in [4.78, 5) is 26.4. The van der Waals surface area contributed by atoms with Crippen LogP contribution in [0.2, 0.25) is 0 Å². The van der Waals surface area contributed by atoms with Crippen LogP contribution in [0.15, 0.2) is 54.6 Å². The number of ether oxygens (including phenoxy) is 1. The van der Waals surface area contributed by atoms with Crippen LogP contribution in [-0.2, 0) is 17.6 Å². The number of aliphatic hydroxyl groups excluding tert-OH is 1. The summed E-state index contributed by atoms with van der Waals surface area (Å²) in [7, 11) is 1.27. The number of benzene rings is 3. The summed E-state index contributed by atoms with van der Waals surface area (Å²) in [5, 5.41) is 14.1. The Morgan fingerprint density at radius 3 is 2.50 bits per heavy atom. The van der Waals surface area contributed by atoms with Crippen molar-refractivity contribution in [3.63, 3.8) is 0 Å². The molecule has 0 saturated carbocycles. The Balaban J connectivity index is 1.50. The van der Waals surface area contributed by atoms with Crippen LogP contribution in [0.1, 0.15) is 17.5 Å². The fourth-order valence-corrected chi connectivity index (χ4v) is 4.25. The van der Waals surface area contributed by atoms with Gasteiger partial charge in [0.05, 0.1) is 30.7 Å². The van der Waals surface area contributed by atoms with Crippen LogP contribution in [0, 0.1) is 11.6 Å². The lowest BCUT2D eigenvalue weighted by molar-refractivity contribution is -0.137. The SMILES string of the molecule is COc1c(-c2ccccc2CO)ccc(N2CC[C@@H](NC(=O)Nc3ccc(C(F)(F)F)cc3F)C2=O)c1F. The molecule has 0 radical (unpaired) electrons. The first kappa shape index (κ1) is 26.9. The number of aliphatic hydroxyl groups is 1. The lowest BCUT2D eigenvalue weighted by atomic mass is 9.98. The van der Waals surface area contributed by atoms with Crippen LogP contribution in [0.3, 0.4) is 0 Å². The van der Waals surface area contributed by atoms with Crippen LogP contribution in [0.25, 0.3) is 11.1 Å². The number of hydrogen-bond donors (Lipinski definition) is 3. The first-order valence-electron chi connectivity index (χ1n) is 11.4. The van der Waals surface area contributed by atoms with E-state index in [0.29, 0.717) is 22.8 Å². The number of hydrogen-bond acceptors (Lipinski definition) is 4. The van der Waals surface area contributed by atoms with E-state index in [0.717, 1.165) is 11.0 Å². The van der Waals surface area contributed by atoms with Crippen molar-refractivity contribution < 1.29 is 41.4 Å². The van der Waals surface area contributed by atoms with E-state index in [4.69, 9.17) is 4.74 Å². The molecule has 3 aromatic rings. The number of nitrogens with zero attached hydrogens (tertiary/aromatic N) is 1. The molecule has 0 unspecified atom stereocenters. The number of nitrogens with one attached hydrogen (secondary N) is 2. The van der Waals surface area contributed by atoms with Crippen molar-refractivity contribution in [2.45, 2.75) is 25.2 Å². The molecule has 3 amide bonds. The highest BCUT2D eigenvalue weighted by atomic mass is 19.4. The second-order valence-electron chi connectivity index (χ2n) is 8.42. The van der Waals surface area contributed by atoms with Gasteiger partial charge in [-0.3, -0.25) is 4.79 Å². The molecule has 1 saturated heterocycles. The van der Waals surface area contributed by atoms with Crippen molar-refractivity contribution in [3.8, 4) is 16.9 Å². The highest BCUT2D eigenvalue weighted by molar-refractivity contribution is 6.03. The van der Waals surface area contributed by atoms with Gasteiger partial charge in [-0.1, -0.05) is 24.3 Å². The first-order valence-corrected chi connectivity index (χ1v) is 11.4. The predicted molar refractivity (Wildman–Crippen MR) is 129 cm³/mol. The third kappa shape index (κ3) is 5.25. The summed E-state index contributed by atoms with van der Waals surface area (Å²) in [5.41, 5.74) is -0.335. The van der Waals surface area contributed by atoms with Gasteiger partial charge in [-0.2, -0.15) is 13.2 Å². The number of methoxy groups -OCH3 is 1. The summed E-state index contributed by atoms with van der Waals surface area (Å²) < 4.78 is 73.0. The quantitative estimate of drug-likeness (QED) is 0.384. The van der Waals surface area contributed by atoms with E-state index in [9.17, 15) is 32.3 Å². The average molecular weight is 535 g/mol. The van der Waals surface area contributed by atoms with Crippen molar-refractivity contribution >= 4 is 23.3 Å². The van der Waals surface area contributed by atoms with Gasteiger partial charge in [-0.05, 0) is 47.9 Å². The van der Waals surface area contributed by atoms with Gasteiger partial charge in [0, 0.05) is 12.1 Å². The smallest absolute Gasteiger partial charge is 0.416 e. The second kappa shape index (κ2) is 10.7. The van der Waals surface area contributed by atoms with Crippen LogP contribution in [-0.4, -0.2) is 36.7 Å². The predicted octanol–water partition coefficient (Wildman–Crippen LogP) is 5.08. The molecule has 3 N–H and O–H groups in total. The van der Waals surface area contributed by atoms with E-state index in [2.05, 4.69) is 10.6 Å². The summed E-state index contributed by atoms with van der Waals surface area (Å²) in [5.74, 6) is -2.89. The summed E-state index contributed by atoms with van der Waals surface area (Å²) >= 11 is 0. The van der Waals surface area contributed by atoms with Crippen LogP contribution < -0.4 is 20.3 Å². The maximum absolute atomic E-state index is 15.5. The minimum absolute atomic E-state index is 0.0467. The van der Waals surface area contributed by atoms with Gasteiger partial charge in [0.1, 0.15) is 11.9 Å². The number of amides is 3. The maximum Gasteiger partial charge on any atom is 0.416 e. The average Bonchev–Trinajstić information content (AvgIpc) is 3.23. The minimum atomic E-state index is -4.75. The number of carbonyl (C=O) groups is 2. The number of alkyl halides is 3. The zero-order valence-electron chi connectivity index (χ0n) is 19.9. The van der Waals surface area contributed by atoms with Gasteiger partial charge < -0.3 is 25.4 Å². The maximum atomic E-state index is 15.5. The monoisotopic (exact) mass is 535 g/mol. The van der Waals surface area contributed by atoms with Gasteiger partial charge in [0.25, 0.3) is 0 Å². The van der Waals surface area contributed by atoms with E-state index >= 15 is 4.39 Å². The molecule has 0 spiro atoms. The molecule has 1 atom stereocenters. The van der Waals surface area contributed by atoms with E-state index in [1.165, 1.54) is 13.2 Å². The Morgan fingerprint density at radius 1 is 1.11 bits per heavy atom. The van der Waals surface area contributed by atoms with Crippen molar-refractivity contribution in [2.24, 2.45) is 0 Å². The summed E-state index contributed by atoms with van der Waals surface area (Å²) in [6.07, 6.45) is -4.65. The molecule has 1 aliphatic heterocycles. The molecule has 38 heavy (non-hydrogen) atoms. The molecular weight excluding hydrogens is 513 g/mol. The molecule has 1 fully saturated rings. The third-order valence-electron chi connectivity index (χ3n) is 6.10. The fourth-order valence-electron chi connectivity index (χ4n) is 4.25. The van der Waals surface area contributed by atoms with Crippen molar-refractivity contribution in [1.82, 2.24) is 5.32 Å². The summed E-state index contributed by atoms with van der Waals surface area (Å²) in [6, 6.07) is 9.29. The second-order valence-corrected chi connectivity index (χ2v) is 8.42. The molecule has 0 bridgehead atoms. The van der Waals surface area contributed by atoms with E-state index in [1.807, 2.05) is 0 Å². The molecule has 3 aromatic carbocycles. The van der Waals surface area contributed by atoms with Crippen LogP contribution in [0.5, 0.6) is 5.75 Å². The van der Waals surface area contributed by atoms with E-state index < -0.39 is 47.0 Å². The number of anilines is 2. The topological polar surface area (TPSA) is 90.9 Å². The standard InChI is InChI=1S/C26H22F5N3O4/c1-38-23-17(16-5-3-2-4-14(16)13-35)7-9-21(22(23)28)34-11-10-20(24(34)36)33-25(37)32-19-8-6-15(12-18(19)27)26(29,30)31/h2-9,12,20,35H,10-11,13H2,1H3,(H2,32,33,37)/t20-/m1/s1.